The molecule has 8 nitrogen and oxygen atoms in total. The van der Waals surface area contributed by atoms with Crippen molar-refractivity contribution >= 4 is 34.7 Å². The Balaban J connectivity index is 0.000000215. The van der Waals surface area contributed by atoms with Gasteiger partial charge in [-0.1, -0.05) is 182 Å². The van der Waals surface area contributed by atoms with Gasteiger partial charge in [-0.3, -0.25) is 28.8 Å². The van der Waals surface area contributed by atoms with Gasteiger partial charge in [0.1, 0.15) is 0 Å². The molecule has 58 heavy (non-hydrogen) atoms. The molecule has 7 rings (SSSR count). The van der Waals surface area contributed by atoms with E-state index in [2.05, 4.69) is 5.32 Å². The Morgan fingerprint density at radius 2 is 0.500 bits per heavy atom. The molecule has 6 aromatic carbocycles. The monoisotopic (exact) mass is 861 g/mol. The third-order valence-corrected chi connectivity index (χ3v) is 8.38. The molecule has 0 saturated carbocycles. The maximum atomic E-state index is 11.8. The number of hydrogen-bond donors (Lipinski definition) is 1. The van der Waals surface area contributed by atoms with Crippen molar-refractivity contribution in [3.8, 4) is 0 Å². The van der Waals surface area contributed by atoms with Crippen LogP contribution in [0.1, 0.15) is 81.4 Å². The van der Waals surface area contributed by atoms with Crippen LogP contribution in [0.3, 0.4) is 0 Å². The molecular weight excluding hydrogens is 816 g/mol. The number of morpholine rings is 1. The van der Waals surface area contributed by atoms with Crippen LogP contribution in [-0.4, -0.2) is 61.0 Å². The summed E-state index contributed by atoms with van der Waals surface area (Å²) in [6, 6.07) is 53.2. The van der Waals surface area contributed by atoms with Crippen LogP contribution < -0.4 is 5.32 Å². The summed E-state index contributed by atoms with van der Waals surface area (Å²) in [7, 11) is 0. The SMILES string of the molecule is C1COCCN1.O=C(CC(=O)c1ccccc1)c1ccccc1.O=C(CC(=O)c1ccccc1)c1ccccc1.O=C(CC(=O)c1ccccc1)c1ccccc1.[Ru+3]. The molecule has 0 aromatic heterocycles. The summed E-state index contributed by atoms with van der Waals surface area (Å²) in [6.07, 6.45) is -0.226. The molecule has 0 bridgehead atoms. The Morgan fingerprint density at radius 1 is 0.328 bits per heavy atom. The standard InChI is InChI=1S/3C15H12O2.C4H9NO.Ru/c3*16-14(12-7-3-1-4-8-12)11-15(17)13-9-5-2-6-10-13;1-3-6-4-2-5-1;/h3*1-10H,11H2;5H,1-4H2;/q;;;;+3. The summed E-state index contributed by atoms with van der Waals surface area (Å²) in [5.41, 5.74) is 3.48. The van der Waals surface area contributed by atoms with Gasteiger partial charge in [-0.05, 0) is 0 Å². The van der Waals surface area contributed by atoms with Crippen LogP contribution in [0.4, 0.5) is 0 Å². The maximum absolute atomic E-state index is 11.8. The van der Waals surface area contributed by atoms with Crippen LogP contribution in [0.5, 0.6) is 0 Å². The normalized spacial score (nSPS) is 11.2. The first-order valence-corrected chi connectivity index (χ1v) is 18.6. The number of benzene rings is 6. The Bertz CT molecular complexity index is 1740. The molecule has 1 heterocycles. The second-order valence-electron chi connectivity index (χ2n) is 12.6. The van der Waals surface area contributed by atoms with Gasteiger partial charge in [0.25, 0.3) is 0 Å². The number of ether oxygens (including phenoxy) is 1. The van der Waals surface area contributed by atoms with Gasteiger partial charge in [0.15, 0.2) is 34.7 Å². The summed E-state index contributed by atoms with van der Waals surface area (Å²) in [6.45, 7) is 3.83. The van der Waals surface area contributed by atoms with Crippen molar-refractivity contribution in [1.29, 1.82) is 0 Å². The van der Waals surface area contributed by atoms with Gasteiger partial charge in [-0.2, -0.15) is 0 Å². The number of Topliss-reactive ketones (excluding diaryl/α,β-unsaturated/α-hetero) is 6. The Morgan fingerprint density at radius 3 is 0.621 bits per heavy atom. The predicted molar refractivity (Wildman–Crippen MR) is 222 cm³/mol. The van der Waals surface area contributed by atoms with E-state index in [1.807, 2.05) is 36.4 Å². The molecule has 1 radical (unpaired) electrons. The van der Waals surface area contributed by atoms with Crippen LogP contribution in [0.25, 0.3) is 0 Å². The molecule has 1 aliphatic heterocycles. The van der Waals surface area contributed by atoms with Crippen molar-refractivity contribution in [2.45, 2.75) is 19.3 Å². The van der Waals surface area contributed by atoms with Crippen molar-refractivity contribution in [3.63, 3.8) is 0 Å². The van der Waals surface area contributed by atoms with Gasteiger partial charge >= 0.3 is 19.5 Å². The third kappa shape index (κ3) is 16.9. The van der Waals surface area contributed by atoms with Crippen molar-refractivity contribution in [2.24, 2.45) is 0 Å². The first-order chi connectivity index (χ1) is 27.8. The predicted octanol–water partition coefficient (Wildman–Crippen LogP) is 9.03. The minimum absolute atomic E-state index is 0. The number of nitrogens with one attached hydrogen (secondary N) is 1. The Hall–Kier alpha value is -6.12. The average molecular weight is 861 g/mol. The summed E-state index contributed by atoms with van der Waals surface area (Å²) in [5.74, 6) is -0.836. The first kappa shape index (κ1) is 46.3. The zero-order valence-corrected chi connectivity index (χ0v) is 33.7. The van der Waals surface area contributed by atoms with Crippen LogP contribution in [0.15, 0.2) is 182 Å². The molecular formula is C49H45NO7Ru+3. The second-order valence-corrected chi connectivity index (χ2v) is 12.6. The van der Waals surface area contributed by atoms with Crippen molar-refractivity contribution < 1.29 is 53.0 Å². The molecule has 0 unspecified atom stereocenters. The molecule has 0 spiro atoms. The molecule has 1 aliphatic rings. The summed E-state index contributed by atoms with van der Waals surface area (Å²) in [5, 5.41) is 3.16. The van der Waals surface area contributed by atoms with E-state index in [9.17, 15) is 28.8 Å². The number of hydrogen-bond acceptors (Lipinski definition) is 8. The van der Waals surface area contributed by atoms with Gasteiger partial charge in [0, 0.05) is 46.5 Å². The number of ketones is 6. The Kier molecular flexibility index (Phi) is 21.3. The summed E-state index contributed by atoms with van der Waals surface area (Å²) < 4.78 is 5.01. The van der Waals surface area contributed by atoms with Crippen molar-refractivity contribution in [1.82, 2.24) is 5.32 Å². The van der Waals surface area contributed by atoms with E-state index in [1.165, 1.54) is 0 Å². The van der Waals surface area contributed by atoms with E-state index in [1.54, 1.807) is 146 Å². The van der Waals surface area contributed by atoms with Gasteiger partial charge in [0.05, 0.1) is 32.5 Å². The van der Waals surface area contributed by atoms with Gasteiger partial charge < -0.3 is 10.1 Å². The van der Waals surface area contributed by atoms with Crippen LogP contribution >= 0.6 is 0 Å². The number of carbonyl (C=O) groups is 6. The fraction of sp³-hybridized carbons (Fsp3) is 0.143. The molecule has 0 amide bonds. The summed E-state index contributed by atoms with van der Waals surface area (Å²) >= 11 is 0. The van der Waals surface area contributed by atoms with E-state index in [0.717, 1.165) is 26.3 Å². The zero-order chi connectivity index (χ0) is 40.5. The molecule has 9 heteroatoms. The fourth-order valence-corrected chi connectivity index (χ4v) is 5.31. The topological polar surface area (TPSA) is 124 Å². The van der Waals surface area contributed by atoms with Crippen LogP contribution in [-0.2, 0) is 24.2 Å². The molecule has 293 valence electrons. The number of rotatable bonds is 12. The van der Waals surface area contributed by atoms with E-state index >= 15 is 0 Å². The maximum Gasteiger partial charge on any atom is 3.00 e. The average Bonchev–Trinajstić information content (AvgIpc) is 3.29. The van der Waals surface area contributed by atoms with E-state index in [0.29, 0.717) is 33.4 Å². The quantitative estimate of drug-likeness (QED) is 0.0735. The Labute approximate surface area is 352 Å². The number of carbonyl (C=O) groups excluding carboxylic acids is 6. The van der Waals surface area contributed by atoms with E-state index in [4.69, 9.17) is 4.74 Å². The molecule has 1 N–H and O–H groups in total. The van der Waals surface area contributed by atoms with E-state index in [-0.39, 0.29) is 73.4 Å². The fourth-order valence-electron chi connectivity index (χ4n) is 5.31. The third-order valence-electron chi connectivity index (χ3n) is 8.38. The largest absolute Gasteiger partial charge is 3.00 e. The van der Waals surface area contributed by atoms with Gasteiger partial charge in [-0.15, -0.1) is 0 Å². The zero-order valence-electron chi connectivity index (χ0n) is 32.0. The molecule has 1 saturated heterocycles. The van der Waals surface area contributed by atoms with Crippen molar-refractivity contribution in [3.05, 3.63) is 215 Å². The minimum Gasteiger partial charge on any atom is -0.379 e. The van der Waals surface area contributed by atoms with Gasteiger partial charge in [-0.25, -0.2) is 0 Å². The van der Waals surface area contributed by atoms with E-state index < -0.39 is 0 Å². The first-order valence-electron chi connectivity index (χ1n) is 18.6. The smallest absolute Gasteiger partial charge is 0.379 e. The van der Waals surface area contributed by atoms with Crippen LogP contribution in [0.2, 0.25) is 0 Å². The minimum atomic E-state index is -0.139. The van der Waals surface area contributed by atoms with Crippen molar-refractivity contribution in [2.75, 3.05) is 26.3 Å². The molecule has 1 fully saturated rings. The van der Waals surface area contributed by atoms with Crippen LogP contribution in [0, 0.1) is 0 Å². The molecule has 6 aromatic rings. The van der Waals surface area contributed by atoms with Gasteiger partial charge in [0.2, 0.25) is 0 Å². The molecule has 0 aliphatic carbocycles. The molecule has 0 atom stereocenters. The summed E-state index contributed by atoms with van der Waals surface area (Å²) in [4.78, 5) is 70.8. The second kappa shape index (κ2) is 26.7.